The average Bonchev–Trinajstić information content (AvgIpc) is 2.69. The lowest BCUT2D eigenvalue weighted by atomic mass is 10.0. The summed E-state index contributed by atoms with van der Waals surface area (Å²) in [5, 5.41) is 13.8. The molecule has 0 bridgehead atoms. The van der Waals surface area contributed by atoms with Gasteiger partial charge in [-0.25, -0.2) is 0 Å². The van der Waals surface area contributed by atoms with Crippen molar-refractivity contribution in [2.75, 3.05) is 25.6 Å². The Morgan fingerprint density at radius 2 is 2.21 bits per heavy atom. The highest BCUT2D eigenvalue weighted by Gasteiger charge is 2.22. The van der Waals surface area contributed by atoms with Gasteiger partial charge in [0.1, 0.15) is 0 Å². The number of nitrogens with one attached hydrogen (secondary N) is 2. The van der Waals surface area contributed by atoms with E-state index in [2.05, 4.69) is 20.8 Å². The van der Waals surface area contributed by atoms with Gasteiger partial charge in [0.05, 0.1) is 13.2 Å². The van der Waals surface area contributed by atoms with Crippen LogP contribution in [0, 0.1) is 0 Å². The summed E-state index contributed by atoms with van der Waals surface area (Å²) in [6.07, 6.45) is 0.177. The summed E-state index contributed by atoms with van der Waals surface area (Å²) in [6.45, 7) is 5.45. The molecule has 8 heteroatoms. The van der Waals surface area contributed by atoms with E-state index in [4.69, 9.17) is 14.9 Å². The second-order valence-corrected chi connectivity index (χ2v) is 4.82. The summed E-state index contributed by atoms with van der Waals surface area (Å²) in [6, 6.07) is 0.273. The number of anilines is 1. The lowest BCUT2D eigenvalue weighted by Crippen LogP contribution is -2.36. The number of ether oxygens (including phenoxy) is 1. The zero-order chi connectivity index (χ0) is 14.3. The lowest BCUT2D eigenvalue weighted by molar-refractivity contribution is -0.118. The summed E-state index contributed by atoms with van der Waals surface area (Å²) in [5.74, 6) is 0.0759. The maximum atomic E-state index is 10.9. The molecule has 0 aliphatic rings. The van der Waals surface area contributed by atoms with Crippen LogP contribution in [-0.2, 0) is 16.1 Å². The van der Waals surface area contributed by atoms with Crippen LogP contribution in [0.3, 0.4) is 0 Å². The molecule has 0 aromatic carbocycles. The summed E-state index contributed by atoms with van der Waals surface area (Å²) in [5.41, 5.74) is 4.64. The van der Waals surface area contributed by atoms with Crippen LogP contribution in [0.1, 0.15) is 26.2 Å². The molecule has 1 heterocycles. The van der Waals surface area contributed by atoms with E-state index in [1.165, 1.54) is 0 Å². The number of rotatable bonds is 9. The molecule has 1 rings (SSSR count). The van der Waals surface area contributed by atoms with E-state index in [9.17, 15) is 4.79 Å². The zero-order valence-electron chi connectivity index (χ0n) is 11.5. The van der Waals surface area contributed by atoms with Gasteiger partial charge in [0.2, 0.25) is 11.8 Å². The molecule has 1 aromatic rings. The van der Waals surface area contributed by atoms with Gasteiger partial charge in [-0.1, -0.05) is 5.10 Å². The minimum absolute atomic E-state index is 0.177. The summed E-state index contributed by atoms with van der Waals surface area (Å²) >= 11 is 0. The van der Waals surface area contributed by atoms with Crippen LogP contribution >= 0.6 is 0 Å². The van der Waals surface area contributed by atoms with Crippen LogP contribution < -0.4 is 16.4 Å². The number of nitrogens with zero attached hydrogens (tertiary/aromatic N) is 2. The number of methoxy groups -OCH3 is 1. The average molecular weight is 271 g/mol. The Balaban J connectivity index is 2.43. The van der Waals surface area contributed by atoms with Crippen LogP contribution in [-0.4, -0.2) is 41.9 Å². The number of carbonyl (C=O) groups excluding carboxylic acids is 1. The molecule has 0 saturated carbocycles. The van der Waals surface area contributed by atoms with E-state index >= 15 is 0 Å². The molecule has 1 aromatic heterocycles. The number of amides is 1. The van der Waals surface area contributed by atoms with E-state index in [0.29, 0.717) is 25.6 Å². The molecular weight excluding hydrogens is 250 g/mol. The first-order valence-corrected chi connectivity index (χ1v) is 6.01. The Bertz CT molecular complexity index is 405. The third-order valence-electron chi connectivity index (χ3n) is 2.29. The summed E-state index contributed by atoms with van der Waals surface area (Å²) < 4.78 is 10.3. The Hall–Kier alpha value is -1.67. The minimum Gasteiger partial charge on any atom is -0.407 e. The van der Waals surface area contributed by atoms with E-state index < -0.39 is 11.4 Å². The number of carbonyl (C=O) groups is 1. The smallest absolute Gasteiger partial charge is 0.315 e. The normalized spacial score (nSPS) is 11.5. The van der Waals surface area contributed by atoms with Crippen molar-refractivity contribution in [2.45, 2.75) is 32.4 Å². The molecule has 0 radical (unpaired) electrons. The zero-order valence-corrected chi connectivity index (χ0v) is 11.5. The Morgan fingerprint density at radius 1 is 1.47 bits per heavy atom. The first kappa shape index (κ1) is 15.4. The van der Waals surface area contributed by atoms with Crippen molar-refractivity contribution in [3.8, 4) is 0 Å². The summed E-state index contributed by atoms with van der Waals surface area (Å²) in [7, 11) is 1.64. The van der Waals surface area contributed by atoms with Crippen molar-refractivity contribution in [3.05, 3.63) is 5.89 Å². The van der Waals surface area contributed by atoms with E-state index in [1.807, 2.05) is 13.8 Å². The molecule has 0 unspecified atom stereocenters. The van der Waals surface area contributed by atoms with Crippen molar-refractivity contribution >= 4 is 11.9 Å². The van der Waals surface area contributed by atoms with Gasteiger partial charge in [0, 0.05) is 25.6 Å². The van der Waals surface area contributed by atoms with Crippen molar-refractivity contribution in [1.29, 1.82) is 0 Å². The highest BCUT2D eigenvalue weighted by Crippen LogP contribution is 2.16. The first-order chi connectivity index (χ1) is 8.93. The molecule has 19 heavy (non-hydrogen) atoms. The summed E-state index contributed by atoms with van der Waals surface area (Å²) in [4.78, 5) is 10.9. The van der Waals surface area contributed by atoms with Crippen LogP contribution in [0.2, 0.25) is 0 Å². The molecular formula is C11H21N5O3. The predicted octanol–water partition coefficient (Wildman–Crippen LogP) is -0.128. The number of hydrogen-bond acceptors (Lipinski definition) is 7. The van der Waals surface area contributed by atoms with Crippen molar-refractivity contribution < 1.29 is 13.9 Å². The molecule has 4 N–H and O–H groups in total. The molecule has 0 spiro atoms. The molecule has 0 fully saturated rings. The third kappa shape index (κ3) is 6.16. The fraction of sp³-hybridized carbons (Fsp3) is 0.727. The second-order valence-electron chi connectivity index (χ2n) is 4.82. The quantitative estimate of drug-likeness (QED) is 0.536. The first-order valence-electron chi connectivity index (χ1n) is 6.01. The Labute approximate surface area is 112 Å². The van der Waals surface area contributed by atoms with E-state index in [0.717, 1.165) is 0 Å². The monoisotopic (exact) mass is 271 g/mol. The highest BCUT2D eigenvalue weighted by atomic mass is 16.5. The number of primary amides is 1. The van der Waals surface area contributed by atoms with Gasteiger partial charge >= 0.3 is 6.01 Å². The standard InChI is InChI=1S/C11H21N5O3/c1-11(2,6-8(12)17)14-10-16-15-9(19-10)7-13-4-5-18-3/h13H,4-7H2,1-3H3,(H2,12,17)(H,14,16). The van der Waals surface area contributed by atoms with E-state index in [-0.39, 0.29) is 12.4 Å². The maximum Gasteiger partial charge on any atom is 0.315 e. The van der Waals surface area contributed by atoms with E-state index in [1.54, 1.807) is 7.11 Å². The highest BCUT2D eigenvalue weighted by molar-refractivity contribution is 5.75. The van der Waals surface area contributed by atoms with Crippen LogP contribution in [0.15, 0.2) is 4.42 Å². The number of nitrogens with two attached hydrogens (primary N) is 1. The van der Waals surface area contributed by atoms with Crippen LogP contribution in [0.4, 0.5) is 6.01 Å². The van der Waals surface area contributed by atoms with Gasteiger partial charge in [0.15, 0.2) is 0 Å². The number of hydrogen-bond donors (Lipinski definition) is 3. The SMILES string of the molecule is COCCNCc1nnc(NC(C)(C)CC(N)=O)o1. The largest absolute Gasteiger partial charge is 0.407 e. The van der Waals surface area contributed by atoms with Gasteiger partial charge in [-0.3, -0.25) is 4.79 Å². The van der Waals surface area contributed by atoms with Crippen LogP contribution in [0.25, 0.3) is 0 Å². The molecule has 8 nitrogen and oxygen atoms in total. The number of aromatic nitrogens is 2. The van der Waals surface area contributed by atoms with Gasteiger partial charge in [-0.05, 0) is 13.8 Å². The molecule has 0 saturated heterocycles. The molecule has 0 aliphatic heterocycles. The molecule has 108 valence electrons. The molecule has 1 amide bonds. The minimum atomic E-state index is -0.529. The fourth-order valence-electron chi connectivity index (χ4n) is 1.51. The van der Waals surface area contributed by atoms with Gasteiger partial charge in [-0.15, -0.1) is 5.10 Å². The lowest BCUT2D eigenvalue weighted by Gasteiger charge is -2.22. The predicted molar refractivity (Wildman–Crippen MR) is 69.4 cm³/mol. The topological polar surface area (TPSA) is 115 Å². The van der Waals surface area contributed by atoms with Crippen molar-refractivity contribution in [1.82, 2.24) is 15.5 Å². The van der Waals surface area contributed by atoms with Gasteiger partial charge < -0.3 is 25.5 Å². The molecule has 0 aliphatic carbocycles. The second kappa shape index (κ2) is 7.05. The Kier molecular flexibility index (Phi) is 5.71. The van der Waals surface area contributed by atoms with Gasteiger partial charge in [-0.2, -0.15) is 0 Å². The maximum absolute atomic E-state index is 10.9. The van der Waals surface area contributed by atoms with Crippen LogP contribution in [0.5, 0.6) is 0 Å². The fourth-order valence-corrected chi connectivity index (χ4v) is 1.51. The molecule has 0 atom stereocenters. The van der Waals surface area contributed by atoms with Gasteiger partial charge in [0.25, 0.3) is 0 Å². The Morgan fingerprint density at radius 3 is 2.84 bits per heavy atom. The van der Waals surface area contributed by atoms with Crippen molar-refractivity contribution in [2.24, 2.45) is 5.73 Å². The van der Waals surface area contributed by atoms with Crippen molar-refractivity contribution in [3.63, 3.8) is 0 Å². The third-order valence-corrected chi connectivity index (χ3v) is 2.29.